The molecule has 2 nitrogen and oxygen atoms in total. The van der Waals surface area contributed by atoms with Crippen molar-refractivity contribution < 1.29 is 4.79 Å². The Labute approximate surface area is 132 Å². The molecule has 112 valence electrons. The van der Waals surface area contributed by atoms with Crippen molar-refractivity contribution in [2.75, 3.05) is 5.88 Å². The van der Waals surface area contributed by atoms with Gasteiger partial charge in [0.25, 0.3) is 0 Å². The summed E-state index contributed by atoms with van der Waals surface area (Å²) in [6.45, 7) is 0. The molecular weight excluding hydrogens is 282 g/mol. The summed E-state index contributed by atoms with van der Waals surface area (Å²) in [6.07, 6.45) is 8.07. The molecule has 1 aromatic carbocycles. The van der Waals surface area contributed by atoms with E-state index in [0.29, 0.717) is 11.5 Å². The van der Waals surface area contributed by atoms with Crippen LogP contribution in [-0.2, 0) is 4.79 Å². The van der Waals surface area contributed by atoms with Crippen LogP contribution in [0, 0.1) is 23.2 Å². The summed E-state index contributed by atoms with van der Waals surface area (Å²) < 4.78 is 0. The van der Waals surface area contributed by atoms with Crippen molar-refractivity contribution in [1.29, 1.82) is 5.26 Å². The van der Waals surface area contributed by atoms with Crippen molar-refractivity contribution in [3.63, 3.8) is 0 Å². The van der Waals surface area contributed by atoms with E-state index in [-0.39, 0.29) is 5.92 Å². The monoisotopic (exact) mass is 303 g/mol. The first-order chi connectivity index (χ1) is 10.3. The van der Waals surface area contributed by atoms with Crippen molar-refractivity contribution in [3.8, 4) is 6.07 Å². The molecule has 1 aliphatic rings. The standard InChI is InChI=1S/C18H22ClNO/c19-11-1-2-14-3-7-16(8-4-14)18(13-21)17-9-5-15(12-20)6-10-17/h5-6,9-10,13-14,16,18H,1-4,7-8,11H2. The predicted molar refractivity (Wildman–Crippen MR) is 85.4 cm³/mol. The molecule has 0 spiro atoms. The summed E-state index contributed by atoms with van der Waals surface area (Å²) in [7, 11) is 0. The lowest BCUT2D eigenvalue weighted by Gasteiger charge is -2.31. The van der Waals surface area contributed by atoms with Crippen LogP contribution in [0.2, 0.25) is 0 Å². The van der Waals surface area contributed by atoms with Gasteiger partial charge in [0.05, 0.1) is 11.6 Å². The molecule has 0 saturated heterocycles. The van der Waals surface area contributed by atoms with Crippen LogP contribution in [0.1, 0.15) is 55.6 Å². The van der Waals surface area contributed by atoms with Gasteiger partial charge in [-0.25, -0.2) is 0 Å². The maximum atomic E-state index is 11.5. The fraction of sp³-hybridized carbons (Fsp3) is 0.556. The molecule has 1 aliphatic carbocycles. The third-order valence-corrected chi connectivity index (χ3v) is 4.98. The zero-order chi connectivity index (χ0) is 15.1. The Hall–Kier alpha value is -1.33. The van der Waals surface area contributed by atoms with Gasteiger partial charge in [0.1, 0.15) is 6.29 Å². The number of carbonyl (C=O) groups excluding carboxylic acids is 1. The minimum Gasteiger partial charge on any atom is -0.303 e. The lowest BCUT2D eigenvalue weighted by atomic mass is 9.73. The summed E-state index contributed by atoms with van der Waals surface area (Å²) in [5.74, 6) is 1.96. The second-order valence-corrected chi connectivity index (χ2v) is 6.39. The van der Waals surface area contributed by atoms with Gasteiger partial charge >= 0.3 is 0 Å². The van der Waals surface area contributed by atoms with Crippen LogP contribution in [0.25, 0.3) is 0 Å². The van der Waals surface area contributed by atoms with E-state index in [1.54, 1.807) is 12.1 Å². The maximum Gasteiger partial charge on any atom is 0.127 e. The van der Waals surface area contributed by atoms with E-state index in [1.807, 2.05) is 12.1 Å². The van der Waals surface area contributed by atoms with Crippen molar-refractivity contribution in [2.24, 2.45) is 11.8 Å². The first kappa shape index (κ1) is 16.0. The van der Waals surface area contributed by atoms with Crippen molar-refractivity contribution >= 4 is 17.9 Å². The summed E-state index contributed by atoms with van der Waals surface area (Å²) >= 11 is 5.76. The summed E-state index contributed by atoms with van der Waals surface area (Å²) in [4.78, 5) is 11.5. The van der Waals surface area contributed by atoms with Crippen molar-refractivity contribution in [3.05, 3.63) is 35.4 Å². The van der Waals surface area contributed by atoms with Gasteiger partial charge in [0, 0.05) is 11.8 Å². The normalized spacial score (nSPS) is 23.2. The quantitative estimate of drug-likeness (QED) is 0.566. The fourth-order valence-corrected chi connectivity index (χ4v) is 3.60. The van der Waals surface area contributed by atoms with Crippen molar-refractivity contribution in [2.45, 2.75) is 44.4 Å². The Morgan fingerprint density at radius 3 is 2.43 bits per heavy atom. The lowest BCUT2D eigenvalue weighted by Crippen LogP contribution is -2.21. The minimum atomic E-state index is -0.0216. The minimum absolute atomic E-state index is 0.0216. The molecule has 0 bridgehead atoms. The molecule has 1 fully saturated rings. The van der Waals surface area contributed by atoms with Crippen molar-refractivity contribution in [1.82, 2.24) is 0 Å². The third-order valence-electron chi connectivity index (χ3n) is 4.72. The average molecular weight is 304 g/mol. The van der Waals surface area contributed by atoms with Gasteiger partial charge in [-0.1, -0.05) is 25.0 Å². The molecule has 0 N–H and O–H groups in total. The van der Waals surface area contributed by atoms with Gasteiger partial charge in [0.15, 0.2) is 0 Å². The SMILES string of the molecule is N#Cc1ccc(C(C=O)C2CCC(CCCCl)CC2)cc1. The summed E-state index contributed by atoms with van der Waals surface area (Å²) in [5, 5.41) is 8.84. The van der Waals surface area contributed by atoms with Gasteiger partial charge in [0.2, 0.25) is 0 Å². The topological polar surface area (TPSA) is 40.9 Å². The van der Waals surface area contributed by atoms with E-state index < -0.39 is 0 Å². The second kappa shape index (κ2) is 8.20. The van der Waals surface area contributed by atoms with Gasteiger partial charge in [-0.3, -0.25) is 0 Å². The smallest absolute Gasteiger partial charge is 0.127 e. The van der Waals surface area contributed by atoms with E-state index in [0.717, 1.165) is 42.9 Å². The number of rotatable bonds is 6. The molecule has 0 heterocycles. The van der Waals surface area contributed by atoms with Gasteiger partial charge in [-0.2, -0.15) is 5.26 Å². The molecule has 0 aliphatic heterocycles. The van der Waals surface area contributed by atoms with Crippen LogP contribution in [0.3, 0.4) is 0 Å². The largest absolute Gasteiger partial charge is 0.303 e. The number of hydrogen-bond acceptors (Lipinski definition) is 2. The molecule has 2 rings (SSSR count). The predicted octanol–water partition coefficient (Wildman–Crippen LogP) is 4.67. The molecule has 0 aromatic heterocycles. The van der Waals surface area contributed by atoms with Crippen LogP contribution < -0.4 is 0 Å². The third kappa shape index (κ3) is 4.32. The van der Waals surface area contributed by atoms with E-state index >= 15 is 0 Å². The number of alkyl halides is 1. The zero-order valence-electron chi connectivity index (χ0n) is 12.3. The van der Waals surface area contributed by atoms with Gasteiger partial charge < -0.3 is 4.79 Å². The van der Waals surface area contributed by atoms with E-state index in [4.69, 9.17) is 16.9 Å². The first-order valence-electron chi connectivity index (χ1n) is 7.79. The Balaban J connectivity index is 1.96. The summed E-state index contributed by atoms with van der Waals surface area (Å²) in [5.41, 5.74) is 1.70. The highest BCUT2D eigenvalue weighted by atomic mass is 35.5. The number of hydrogen-bond donors (Lipinski definition) is 0. The Morgan fingerprint density at radius 2 is 1.90 bits per heavy atom. The zero-order valence-corrected chi connectivity index (χ0v) is 13.1. The molecular formula is C18H22ClNO. The Bertz CT molecular complexity index is 483. The summed E-state index contributed by atoms with van der Waals surface area (Å²) in [6, 6.07) is 9.58. The van der Waals surface area contributed by atoms with E-state index in [1.165, 1.54) is 19.3 Å². The fourth-order valence-electron chi connectivity index (χ4n) is 3.44. The van der Waals surface area contributed by atoms with Gasteiger partial charge in [-0.15, -0.1) is 11.6 Å². The number of benzene rings is 1. The average Bonchev–Trinajstić information content (AvgIpc) is 2.55. The number of carbonyl (C=O) groups is 1. The Kier molecular flexibility index (Phi) is 6.26. The van der Waals surface area contributed by atoms with E-state index in [9.17, 15) is 4.79 Å². The number of nitriles is 1. The molecule has 1 saturated carbocycles. The van der Waals surface area contributed by atoms with Crippen LogP contribution in [0.5, 0.6) is 0 Å². The number of aldehydes is 1. The Morgan fingerprint density at radius 1 is 1.24 bits per heavy atom. The lowest BCUT2D eigenvalue weighted by molar-refractivity contribution is -0.110. The highest BCUT2D eigenvalue weighted by Crippen LogP contribution is 2.38. The van der Waals surface area contributed by atoms with E-state index in [2.05, 4.69) is 6.07 Å². The maximum absolute atomic E-state index is 11.5. The highest BCUT2D eigenvalue weighted by Gasteiger charge is 2.28. The molecule has 1 unspecified atom stereocenters. The second-order valence-electron chi connectivity index (χ2n) is 6.01. The number of halogens is 1. The first-order valence-corrected chi connectivity index (χ1v) is 8.33. The van der Waals surface area contributed by atoms with Crippen LogP contribution >= 0.6 is 11.6 Å². The van der Waals surface area contributed by atoms with Crippen LogP contribution in [0.4, 0.5) is 0 Å². The molecule has 1 atom stereocenters. The van der Waals surface area contributed by atoms with Crippen LogP contribution in [-0.4, -0.2) is 12.2 Å². The molecule has 0 amide bonds. The highest BCUT2D eigenvalue weighted by molar-refractivity contribution is 6.17. The molecule has 1 aromatic rings. The molecule has 0 radical (unpaired) electrons. The molecule has 3 heteroatoms. The molecule has 21 heavy (non-hydrogen) atoms. The number of nitrogens with zero attached hydrogens (tertiary/aromatic N) is 1. The van der Waals surface area contributed by atoms with Gasteiger partial charge in [-0.05, 0) is 55.2 Å². The van der Waals surface area contributed by atoms with Crippen LogP contribution in [0.15, 0.2) is 24.3 Å².